The highest BCUT2D eigenvalue weighted by molar-refractivity contribution is 7.89. The Morgan fingerprint density at radius 1 is 1.12 bits per heavy atom. The number of hydrogen-bond acceptors (Lipinski definition) is 5. The number of aliphatic hydroxyl groups excluding tert-OH is 1. The van der Waals surface area contributed by atoms with Gasteiger partial charge in [-0.05, 0) is 35.9 Å². The van der Waals surface area contributed by atoms with Gasteiger partial charge in [-0.1, -0.05) is 12.1 Å². The van der Waals surface area contributed by atoms with E-state index in [0.717, 1.165) is 4.31 Å². The normalized spacial score (nSPS) is 13.2. The van der Waals surface area contributed by atoms with Crippen LogP contribution < -0.4 is 10.4 Å². The van der Waals surface area contributed by atoms with Crippen molar-refractivity contribution in [3.05, 3.63) is 58.5 Å². The molecule has 9 heteroatoms. The molecule has 8 nitrogen and oxygen atoms in total. The predicted molar refractivity (Wildman–Crippen MR) is 96.7 cm³/mol. The largest absolute Gasteiger partial charge is 0.497 e. The molecule has 1 aromatic heterocycles. The Kier molecular flexibility index (Phi) is 4.86. The third-order valence-corrected chi connectivity index (χ3v) is 5.95. The second-order valence-corrected chi connectivity index (χ2v) is 7.91. The number of aromatic nitrogens is 2. The molecular formula is C17H19N3O5S. The molecule has 0 saturated carbocycles. The first-order chi connectivity index (χ1) is 12.3. The van der Waals surface area contributed by atoms with Crippen molar-refractivity contribution < 1.29 is 18.3 Å². The molecule has 3 N–H and O–H groups in total. The Morgan fingerprint density at radius 3 is 2.42 bits per heavy atom. The molecule has 2 aromatic carbocycles. The van der Waals surface area contributed by atoms with E-state index in [0.29, 0.717) is 22.3 Å². The SMILES string of the molecule is COc1ccc(C(O)CN(C)S(=O)(=O)c2ccc3[nH]c(=O)[nH]c3c2)cc1. The number of aliphatic hydroxyl groups is 1. The van der Waals surface area contributed by atoms with Crippen LogP contribution in [0.25, 0.3) is 11.0 Å². The van der Waals surface area contributed by atoms with Gasteiger partial charge in [0, 0.05) is 13.6 Å². The lowest BCUT2D eigenvalue weighted by molar-refractivity contribution is 0.155. The second kappa shape index (κ2) is 6.94. The van der Waals surface area contributed by atoms with Crippen LogP contribution in [0.15, 0.2) is 52.2 Å². The van der Waals surface area contributed by atoms with Gasteiger partial charge in [0.25, 0.3) is 0 Å². The van der Waals surface area contributed by atoms with Gasteiger partial charge >= 0.3 is 5.69 Å². The Balaban J connectivity index is 1.81. The minimum atomic E-state index is -3.82. The minimum Gasteiger partial charge on any atom is -0.497 e. The van der Waals surface area contributed by atoms with E-state index < -0.39 is 21.8 Å². The number of nitrogens with zero attached hydrogens (tertiary/aromatic N) is 1. The summed E-state index contributed by atoms with van der Waals surface area (Å²) in [6.07, 6.45) is -0.989. The van der Waals surface area contributed by atoms with Gasteiger partial charge in [0.15, 0.2) is 0 Å². The summed E-state index contributed by atoms with van der Waals surface area (Å²) >= 11 is 0. The fourth-order valence-electron chi connectivity index (χ4n) is 2.63. The molecule has 0 aliphatic heterocycles. The van der Waals surface area contributed by atoms with Gasteiger partial charge in [0.05, 0.1) is 29.1 Å². The van der Waals surface area contributed by atoms with Gasteiger partial charge in [-0.15, -0.1) is 0 Å². The maximum atomic E-state index is 12.7. The molecule has 138 valence electrons. The number of benzene rings is 2. The maximum Gasteiger partial charge on any atom is 0.323 e. The van der Waals surface area contributed by atoms with Crippen LogP contribution in [0.4, 0.5) is 0 Å². The number of methoxy groups -OCH3 is 1. The molecule has 0 amide bonds. The van der Waals surface area contributed by atoms with Gasteiger partial charge in [0.2, 0.25) is 10.0 Å². The van der Waals surface area contributed by atoms with Crippen LogP contribution in [0.3, 0.4) is 0 Å². The van der Waals surface area contributed by atoms with Crippen LogP contribution in [0.1, 0.15) is 11.7 Å². The van der Waals surface area contributed by atoms with E-state index in [1.807, 2.05) is 0 Å². The summed E-state index contributed by atoms with van der Waals surface area (Å²) in [4.78, 5) is 16.4. The highest BCUT2D eigenvalue weighted by Gasteiger charge is 2.24. The lowest BCUT2D eigenvalue weighted by Crippen LogP contribution is -2.31. The number of fused-ring (bicyclic) bond motifs is 1. The first kappa shape index (κ1) is 18.2. The van der Waals surface area contributed by atoms with Crippen molar-refractivity contribution in [2.75, 3.05) is 20.7 Å². The first-order valence-corrected chi connectivity index (χ1v) is 9.25. The number of nitrogens with one attached hydrogen (secondary N) is 2. The third kappa shape index (κ3) is 3.50. The molecule has 1 heterocycles. The lowest BCUT2D eigenvalue weighted by Gasteiger charge is -2.21. The molecule has 3 rings (SSSR count). The number of H-pyrrole nitrogens is 2. The molecule has 26 heavy (non-hydrogen) atoms. The molecule has 0 fully saturated rings. The highest BCUT2D eigenvalue weighted by Crippen LogP contribution is 2.22. The van der Waals surface area contributed by atoms with Gasteiger partial charge < -0.3 is 19.8 Å². The van der Waals surface area contributed by atoms with Crippen LogP contribution in [0.5, 0.6) is 5.75 Å². The zero-order chi connectivity index (χ0) is 18.9. The maximum absolute atomic E-state index is 12.7. The van der Waals surface area contributed by atoms with Crippen LogP contribution in [0, 0.1) is 0 Å². The number of hydrogen-bond donors (Lipinski definition) is 3. The number of sulfonamides is 1. The van der Waals surface area contributed by atoms with Crippen molar-refractivity contribution >= 4 is 21.1 Å². The Labute approximate surface area is 150 Å². The summed E-state index contributed by atoms with van der Waals surface area (Å²) in [5.74, 6) is 0.649. The number of aromatic amines is 2. The molecular weight excluding hydrogens is 358 g/mol. The number of likely N-dealkylation sites (N-methyl/N-ethyl adjacent to an activating group) is 1. The average Bonchev–Trinajstić information content (AvgIpc) is 3.00. The molecule has 0 aliphatic carbocycles. The Hall–Kier alpha value is -2.62. The molecule has 0 saturated heterocycles. The van der Waals surface area contributed by atoms with Crippen LogP contribution in [-0.2, 0) is 10.0 Å². The zero-order valence-electron chi connectivity index (χ0n) is 14.3. The fourth-order valence-corrected chi connectivity index (χ4v) is 3.83. The molecule has 0 spiro atoms. The molecule has 0 aliphatic rings. The highest BCUT2D eigenvalue weighted by atomic mass is 32.2. The summed E-state index contributed by atoms with van der Waals surface area (Å²) in [5, 5.41) is 10.3. The van der Waals surface area contributed by atoms with E-state index in [2.05, 4.69) is 9.97 Å². The number of imidazole rings is 1. The smallest absolute Gasteiger partial charge is 0.323 e. The quantitative estimate of drug-likeness (QED) is 0.597. The monoisotopic (exact) mass is 377 g/mol. The lowest BCUT2D eigenvalue weighted by atomic mass is 10.1. The van der Waals surface area contributed by atoms with Crippen LogP contribution >= 0.6 is 0 Å². The summed E-state index contributed by atoms with van der Waals surface area (Å²) in [6.45, 7) is -0.115. The van der Waals surface area contributed by atoms with Crippen molar-refractivity contribution in [3.8, 4) is 5.75 Å². The molecule has 3 aromatic rings. The fraction of sp³-hybridized carbons (Fsp3) is 0.235. The molecule has 1 unspecified atom stereocenters. The van der Waals surface area contributed by atoms with E-state index in [1.165, 1.54) is 25.2 Å². The van der Waals surface area contributed by atoms with E-state index in [-0.39, 0.29) is 11.4 Å². The standard InChI is InChI=1S/C17H19N3O5S/c1-20(10-16(21)11-3-5-12(25-2)6-4-11)26(23,24)13-7-8-14-15(9-13)19-17(22)18-14/h3-9,16,21H,10H2,1-2H3,(H2,18,19,22). The van der Waals surface area contributed by atoms with E-state index >= 15 is 0 Å². The van der Waals surface area contributed by atoms with E-state index in [4.69, 9.17) is 4.74 Å². The summed E-state index contributed by atoms with van der Waals surface area (Å²) in [7, 11) is -0.887. The van der Waals surface area contributed by atoms with Gasteiger partial charge in [-0.2, -0.15) is 4.31 Å². The van der Waals surface area contributed by atoms with Gasteiger partial charge in [-0.3, -0.25) is 0 Å². The predicted octanol–water partition coefficient (Wildman–Crippen LogP) is 1.22. The van der Waals surface area contributed by atoms with Crippen LogP contribution in [-0.4, -0.2) is 48.5 Å². The minimum absolute atomic E-state index is 0.0321. The van der Waals surface area contributed by atoms with Crippen LogP contribution in [0.2, 0.25) is 0 Å². The number of rotatable bonds is 6. The third-order valence-electron chi connectivity index (χ3n) is 4.13. The summed E-state index contributed by atoms with van der Waals surface area (Å²) in [6, 6.07) is 11.1. The Morgan fingerprint density at radius 2 is 1.77 bits per heavy atom. The van der Waals surface area contributed by atoms with E-state index in [1.54, 1.807) is 31.4 Å². The first-order valence-electron chi connectivity index (χ1n) is 7.81. The van der Waals surface area contributed by atoms with E-state index in [9.17, 15) is 18.3 Å². The molecule has 0 radical (unpaired) electrons. The van der Waals surface area contributed by atoms with Crippen molar-refractivity contribution in [1.82, 2.24) is 14.3 Å². The van der Waals surface area contributed by atoms with Gasteiger partial charge in [-0.25, -0.2) is 13.2 Å². The topological polar surface area (TPSA) is 115 Å². The Bertz CT molecular complexity index is 1070. The van der Waals surface area contributed by atoms with Crippen molar-refractivity contribution in [2.24, 2.45) is 0 Å². The zero-order valence-corrected chi connectivity index (χ0v) is 15.1. The van der Waals surface area contributed by atoms with Crippen molar-refractivity contribution in [2.45, 2.75) is 11.0 Å². The van der Waals surface area contributed by atoms with Crippen molar-refractivity contribution in [3.63, 3.8) is 0 Å². The average molecular weight is 377 g/mol. The summed E-state index contributed by atoms with van der Waals surface area (Å²) in [5.41, 5.74) is 1.10. The molecule has 1 atom stereocenters. The van der Waals surface area contributed by atoms with Gasteiger partial charge in [0.1, 0.15) is 5.75 Å². The second-order valence-electron chi connectivity index (χ2n) is 5.86. The van der Waals surface area contributed by atoms with Crippen molar-refractivity contribution in [1.29, 1.82) is 0 Å². The molecule has 0 bridgehead atoms. The number of ether oxygens (including phenoxy) is 1. The summed E-state index contributed by atoms with van der Waals surface area (Å²) < 4.78 is 31.6.